The van der Waals surface area contributed by atoms with Crippen LogP contribution in [0.5, 0.6) is 11.5 Å². The van der Waals surface area contributed by atoms with E-state index in [4.69, 9.17) is 14.2 Å². The molecule has 28 heavy (non-hydrogen) atoms. The minimum absolute atomic E-state index is 0.0962. The average molecular weight is 395 g/mol. The third-order valence-electron chi connectivity index (χ3n) is 4.20. The number of halogens is 2. The van der Waals surface area contributed by atoms with E-state index in [1.807, 2.05) is 4.90 Å². The van der Waals surface area contributed by atoms with Crippen molar-refractivity contribution in [2.75, 3.05) is 40.5 Å². The van der Waals surface area contributed by atoms with Gasteiger partial charge in [0.15, 0.2) is 0 Å². The summed E-state index contributed by atoms with van der Waals surface area (Å²) < 4.78 is 42.9. The van der Waals surface area contributed by atoms with E-state index >= 15 is 0 Å². The second-order valence-electron chi connectivity index (χ2n) is 6.46. The molecule has 0 saturated carbocycles. The highest BCUT2D eigenvalue weighted by atomic mass is 19.1. The van der Waals surface area contributed by atoms with Crippen LogP contribution in [0.25, 0.3) is 0 Å². The van der Waals surface area contributed by atoms with Crippen molar-refractivity contribution in [1.29, 1.82) is 0 Å². The molecule has 7 heteroatoms. The number of hydrogen-bond acceptors (Lipinski definition) is 5. The molecule has 1 atom stereocenters. The van der Waals surface area contributed by atoms with Crippen molar-refractivity contribution in [2.45, 2.75) is 19.1 Å². The minimum Gasteiger partial charge on any atom is -0.497 e. The van der Waals surface area contributed by atoms with Crippen molar-refractivity contribution in [3.05, 3.63) is 59.7 Å². The van der Waals surface area contributed by atoms with Crippen molar-refractivity contribution < 1.29 is 28.1 Å². The molecule has 154 valence electrons. The molecule has 0 fully saturated rings. The van der Waals surface area contributed by atoms with Gasteiger partial charge in [-0.3, -0.25) is 4.90 Å². The van der Waals surface area contributed by atoms with Crippen LogP contribution < -0.4 is 9.47 Å². The molecule has 0 aromatic heterocycles. The number of aliphatic hydroxyl groups excluding tert-OH is 1. The molecular formula is C21H27F2NO4. The van der Waals surface area contributed by atoms with Crippen molar-refractivity contribution in [1.82, 2.24) is 4.90 Å². The number of rotatable bonds is 12. The summed E-state index contributed by atoms with van der Waals surface area (Å²) in [6, 6.07) is 10.6. The number of ether oxygens (including phenoxy) is 3. The molecule has 0 bridgehead atoms. The number of nitrogens with zero attached hydrogens (tertiary/aromatic N) is 1. The van der Waals surface area contributed by atoms with E-state index < -0.39 is 17.7 Å². The predicted molar refractivity (Wildman–Crippen MR) is 103 cm³/mol. The number of hydrogen-bond donors (Lipinski definition) is 1. The van der Waals surface area contributed by atoms with Gasteiger partial charge in [-0.25, -0.2) is 8.78 Å². The Bertz CT molecular complexity index is 712. The molecular weight excluding hydrogens is 368 g/mol. The summed E-state index contributed by atoms with van der Waals surface area (Å²) >= 11 is 0. The van der Waals surface area contributed by atoms with E-state index in [-0.39, 0.29) is 19.7 Å². The summed E-state index contributed by atoms with van der Waals surface area (Å²) in [5.74, 6) is 0.134. The molecule has 0 saturated heterocycles. The second kappa shape index (κ2) is 11.6. The highest BCUT2D eigenvalue weighted by Gasteiger charge is 2.15. The zero-order valence-electron chi connectivity index (χ0n) is 16.2. The lowest BCUT2D eigenvalue weighted by molar-refractivity contribution is 0.0613. The van der Waals surface area contributed by atoms with E-state index in [0.717, 1.165) is 18.2 Å². The molecule has 0 spiro atoms. The lowest BCUT2D eigenvalue weighted by Crippen LogP contribution is -2.36. The summed E-state index contributed by atoms with van der Waals surface area (Å²) in [5, 5.41) is 10.4. The Hall–Kier alpha value is -2.22. The lowest BCUT2D eigenvalue weighted by atomic mass is 10.1. The smallest absolute Gasteiger partial charge is 0.130 e. The van der Waals surface area contributed by atoms with Crippen LogP contribution in [0, 0.1) is 11.6 Å². The first-order valence-electron chi connectivity index (χ1n) is 9.12. The van der Waals surface area contributed by atoms with Gasteiger partial charge in [-0.2, -0.15) is 0 Å². The molecule has 2 aromatic rings. The number of methoxy groups -OCH3 is 2. The van der Waals surface area contributed by atoms with Gasteiger partial charge in [0.2, 0.25) is 0 Å². The molecule has 0 radical (unpaired) electrons. The van der Waals surface area contributed by atoms with Gasteiger partial charge >= 0.3 is 0 Å². The predicted octanol–water partition coefficient (Wildman–Crippen LogP) is 3.25. The highest BCUT2D eigenvalue weighted by molar-refractivity contribution is 5.31. The average Bonchev–Trinajstić information content (AvgIpc) is 2.69. The van der Waals surface area contributed by atoms with Gasteiger partial charge in [-0.1, -0.05) is 6.07 Å². The molecule has 0 unspecified atom stereocenters. The van der Waals surface area contributed by atoms with Gasteiger partial charge in [0.25, 0.3) is 0 Å². The van der Waals surface area contributed by atoms with Crippen LogP contribution >= 0.6 is 0 Å². The van der Waals surface area contributed by atoms with Gasteiger partial charge in [-0.05, 0) is 36.8 Å². The van der Waals surface area contributed by atoms with E-state index in [2.05, 4.69) is 0 Å². The first-order valence-corrected chi connectivity index (χ1v) is 9.12. The van der Waals surface area contributed by atoms with Crippen molar-refractivity contribution in [3.8, 4) is 11.5 Å². The van der Waals surface area contributed by atoms with E-state index in [0.29, 0.717) is 24.5 Å². The fourth-order valence-corrected chi connectivity index (χ4v) is 2.77. The van der Waals surface area contributed by atoms with E-state index in [1.54, 1.807) is 38.5 Å². The van der Waals surface area contributed by atoms with E-state index in [9.17, 15) is 13.9 Å². The zero-order chi connectivity index (χ0) is 20.4. The quantitative estimate of drug-likeness (QED) is 0.559. The maximum atomic E-state index is 14.0. The molecule has 0 heterocycles. The van der Waals surface area contributed by atoms with Crippen LogP contribution in [-0.2, 0) is 11.3 Å². The summed E-state index contributed by atoms with van der Waals surface area (Å²) in [4.78, 5) is 1.90. The Kier molecular flexibility index (Phi) is 9.13. The normalized spacial score (nSPS) is 12.2. The molecule has 2 aromatic carbocycles. The summed E-state index contributed by atoms with van der Waals surface area (Å²) in [6.45, 7) is 1.80. The number of aliphatic hydroxyl groups is 1. The van der Waals surface area contributed by atoms with Gasteiger partial charge in [0.1, 0.15) is 35.8 Å². The Balaban J connectivity index is 1.91. The monoisotopic (exact) mass is 395 g/mol. The van der Waals surface area contributed by atoms with Gasteiger partial charge in [0, 0.05) is 45.0 Å². The zero-order valence-corrected chi connectivity index (χ0v) is 16.2. The van der Waals surface area contributed by atoms with Crippen LogP contribution in [0.3, 0.4) is 0 Å². The van der Waals surface area contributed by atoms with Crippen LogP contribution in [0.1, 0.15) is 12.0 Å². The summed E-state index contributed by atoms with van der Waals surface area (Å²) in [5.41, 5.74) is 0.377. The first-order chi connectivity index (χ1) is 13.5. The molecule has 2 rings (SSSR count). The highest BCUT2D eigenvalue weighted by Crippen LogP contribution is 2.17. The Labute approximate surface area is 164 Å². The first kappa shape index (κ1) is 22.1. The van der Waals surface area contributed by atoms with E-state index in [1.165, 1.54) is 12.1 Å². The fraction of sp³-hybridized carbons (Fsp3) is 0.429. The maximum Gasteiger partial charge on any atom is 0.130 e. The van der Waals surface area contributed by atoms with Crippen LogP contribution in [0.2, 0.25) is 0 Å². The maximum absolute atomic E-state index is 14.0. The molecule has 0 aliphatic heterocycles. The molecule has 0 aliphatic rings. The molecule has 0 amide bonds. The molecule has 0 aliphatic carbocycles. The van der Waals surface area contributed by atoms with Crippen molar-refractivity contribution in [2.24, 2.45) is 0 Å². The fourth-order valence-electron chi connectivity index (χ4n) is 2.77. The van der Waals surface area contributed by atoms with Crippen molar-refractivity contribution >= 4 is 0 Å². The van der Waals surface area contributed by atoms with Gasteiger partial charge in [0.05, 0.1) is 7.11 Å². The Morgan fingerprint density at radius 1 is 1.04 bits per heavy atom. The Morgan fingerprint density at radius 3 is 2.39 bits per heavy atom. The SMILES string of the molecule is COCCCN(Cc1ccc(F)cc1F)C[C@H](O)COc1ccc(OC)cc1. The summed E-state index contributed by atoms with van der Waals surface area (Å²) in [6.07, 6.45) is -0.0427. The summed E-state index contributed by atoms with van der Waals surface area (Å²) in [7, 11) is 3.20. The van der Waals surface area contributed by atoms with Gasteiger partial charge < -0.3 is 19.3 Å². The lowest BCUT2D eigenvalue weighted by Gasteiger charge is -2.25. The molecule has 1 N–H and O–H groups in total. The largest absolute Gasteiger partial charge is 0.497 e. The standard InChI is InChI=1S/C21H27F2NO4/c1-26-11-3-10-24(13-16-4-5-17(22)12-21(16)23)14-18(25)15-28-20-8-6-19(27-2)7-9-20/h4-9,12,18,25H,3,10-11,13-15H2,1-2H3/t18-/m0/s1. The van der Waals surface area contributed by atoms with Crippen LogP contribution in [-0.4, -0.2) is 56.6 Å². The van der Waals surface area contributed by atoms with Gasteiger partial charge in [-0.15, -0.1) is 0 Å². The third-order valence-corrected chi connectivity index (χ3v) is 4.20. The Morgan fingerprint density at radius 2 is 1.75 bits per heavy atom. The van der Waals surface area contributed by atoms with Crippen LogP contribution in [0.4, 0.5) is 8.78 Å². The van der Waals surface area contributed by atoms with Crippen molar-refractivity contribution in [3.63, 3.8) is 0 Å². The third kappa shape index (κ3) is 7.42. The van der Waals surface area contributed by atoms with Crippen LogP contribution in [0.15, 0.2) is 42.5 Å². The second-order valence-corrected chi connectivity index (χ2v) is 6.46. The molecule has 5 nitrogen and oxygen atoms in total. The topological polar surface area (TPSA) is 51.2 Å². The minimum atomic E-state index is -0.770. The number of benzene rings is 2.